The van der Waals surface area contributed by atoms with Crippen LogP contribution in [0.5, 0.6) is 0 Å². The van der Waals surface area contributed by atoms with Crippen LogP contribution in [0.1, 0.15) is 17.2 Å². The normalized spacial score (nSPS) is 10.7. The van der Waals surface area contributed by atoms with Gasteiger partial charge in [0.2, 0.25) is 0 Å². The Labute approximate surface area is 106 Å². The van der Waals surface area contributed by atoms with Crippen LogP contribution < -0.4 is 5.73 Å². The number of hydrogen-bond acceptors (Lipinski definition) is 3. The number of aromatic nitrogens is 3. The maximum atomic E-state index is 5.95. The van der Waals surface area contributed by atoms with E-state index in [9.17, 15) is 0 Å². The summed E-state index contributed by atoms with van der Waals surface area (Å²) in [6.45, 7) is 0.343. The molecule has 1 aromatic carbocycles. The van der Waals surface area contributed by atoms with Crippen molar-refractivity contribution in [3.05, 3.63) is 44.9 Å². The van der Waals surface area contributed by atoms with Crippen molar-refractivity contribution < 1.29 is 0 Å². The Hall–Kier alpha value is -0.910. The summed E-state index contributed by atoms with van der Waals surface area (Å²) < 4.78 is 0.952. The first kappa shape index (κ1) is 11.6. The van der Waals surface area contributed by atoms with Crippen LogP contribution in [-0.2, 0) is 13.0 Å². The predicted molar refractivity (Wildman–Crippen MR) is 66.2 cm³/mol. The highest BCUT2D eigenvalue weighted by Crippen LogP contribution is 2.20. The molecule has 0 fully saturated rings. The van der Waals surface area contributed by atoms with Gasteiger partial charge in [-0.1, -0.05) is 27.5 Å². The van der Waals surface area contributed by atoms with Crippen LogP contribution in [-0.4, -0.2) is 15.2 Å². The molecule has 16 heavy (non-hydrogen) atoms. The molecule has 0 unspecified atom stereocenters. The number of halogens is 2. The van der Waals surface area contributed by atoms with E-state index in [1.54, 1.807) is 0 Å². The van der Waals surface area contributed by atoms with Crippen molar-refractivity contribution in [1.82, 2.24) is 15.2 Å². The quantitative estimate of drug-likeness (QED) is 0.914. The van der Waals surface area contributed by atoms with Crippen molar-refractivity contribution in [3.63, 3.8) is 0 Å². The van der Waals surface area contributed by atoms with E-state index in [4.69, 9.17) is 17.3 Å². The molecule has 2 rings (SSSR count). The molecular formula is C10H10BrClN4. The Bertz CT molecular complexity index is 477. The third-order valence-corrected chi connectivity index (χ3v) is 2.73. The van der Waals surface area contributed by atoms with E-state index in [1.165, 1.54) is 0 Å². The molecule has 0 aliphatic heterocycles. The summed E-state index contributed by atoms with van der Waals surface area (Å²) in [6.07, 6.45) is 0.659. The van der Waals surface area contributed by atoms with Gasteiger partial charge in [-0.25, -0.2) is 4.98 Å². The lowest BCUT2D eigenvalue weighted by Crippen LogP contribution is -1.98. The molecule has 2 aromatic rings. The molecule has 0 saturated carbocycles. The van der Waals surface area contributed by atoms with E-state index in [2.05, 4.69) is 31.1 Å². The molecule has 0 aliphatic carbocycles. The summed E-state index contributed by atoms with van der Waals surface area (Å²) in [5.74, 6) is 1.41. The Kier molecular flexibility index (Phi) is 3.58. The second-order valence-electron chi connectivity index (χ2n) is 3.36. The highest BCUT2D eigenvalue weighted by Gasteiger charge is 2.04. The first-order valence-corrected chi connectivity index (χ1v) is 5.89. The molecule has 1 heterocycles. The molecule has 0 amide bonds. The molecule has 0 bridgehead atoms. The lowest BCUT2D eigenvalue weighted by molar-refractivity contribution is 0.916. The number of nitrogens with two attached hydrogens (primary N) is 1. The van der Waals surface area contributed by atoms with Crippen LogP contribution in [0, 0.1) is 0 Å². The SMILES string of the molecule is NCc1n[nH]c(Cc2cc(Cl)cc(Br)c2)n1. The first-order chi connectivity index (χ1) is 7.67. The molecule has 0 aliphatic rings. The van der Waals surface area contributed by atoms with E-state index in [1.807, 2.05) is 18.2 Å². The molecule has 4 nitrogen and oxygen atoms in total. The highest BCUT2D eigenvalue weighted by atomic mass is 79.9. The van der Waals surface area contributed by atoms with E-state index in [0.717, 1.165) is 15.9 Å². The second kappa shape index (κ2) is 4.95. The summed E-state index contributed by atoms with van der Waals surface area (Å²) in [6, 6.07) is 5.74. The Balaban J connectivity index is 2.19. The average molecular weight is 302 g/mol. The molecule has 1 aromatic heterocycles. The maximum absolute atomic E-state index is 5.95. The fraction of sp³-hybridized carbons (Fsp3) is 0.200. The van der Waals surface area contributed by atoms with Gasteiger partial charge < -0.3 is 5.73 Å². The molecule has 6 heteroatoms. The summed E-state index contributed by atoms with van der Waals surface area (Å²) >= 11 is 9.35. The van der Waals surface area contributed by atoms with Gasteiger partial charge in [0.05, 0.1) is 6.54 Å². The monoisotopic (exact) mass is 300 g/mol. The van der Waals surface area contributed by atoms with Gasteiger partial charge in [0.15, 0.2) is 5.82 Å². The van der Waals surface area contributed by atoms with Gasteiger partial charge in [-0.05, 0) is 23.8 Å². The van der Waals surface area contributed by atoms with Crippen molar-refractivity contribution >= 4 is 27.5 Å². The number of benzene rings is 1. The van der Waals surface area contributed by atoms with Gasteiger partial charge >= 0.3 is 0 Å². The van der Waals surface area contributed by atoms with Gasteiger partial charge in [0.25, 0.3) is 0 Å². The Morgan fingerprint density at radius 2 is 2.19 bits per heavy atom. The molecule has 84 valence electrons. The van der Waals surface area contributed by atoms with Crippen molar-refractivity contribution in [1.29, 1.82) is 0 Å². The smallest absolute Gasteiger partial charge is 0.164 e. The molecule has 0 spiro atoms. The van der Waals surface area contributed by atoms with E-state index >= 15 is 0 Å². The second-order valence-corrected chi connectivity index (χ2v) is 4.71. The van der Waals surface area contributed by atoms with Crippen LogP contribution in [0.15, 0.2) is 22.7 Å². The van der Waals surface area contributed by atoms with Crippen LogP contribution in [0.3, 0.4) is 0 Å². The van der Waals surface area contributed by atoms with E-state index in [-0.39, 0.29) is 0 Å². The number of nitrogens with one attached hydrogen (secondary N) is 1. The van der Waals surface area contributed by atoms with Crippen molar-refractivity contribution in [2.45, 2.75) is 13.0 Å². The average Bonchev–Trinajstić information content (AvgIpc) is 2.64. The fourth-order valence-corrected chi connectivity index (χ4v) is 2.34. The van der Waals surface area contributed by atoms with Gasteiger partial charge in [-0.3, -0.25) is 5.10 Å². The van der Waals surface area contributed by atoms with E-state index < -0.39 is 0 Å². The minimum Gasteiger partial charge on any atom is -0.324 e. The third kappa shape index (κ3) is 2.81. The number of aromatic amines is 1. The molecule has 0 atom stereocenters. The number of rotatable bonds is 3. The van der Waals surface area contributed by atoms with Crippen LogP contribution >= 0.6 is 27.5 Å². The predicted octanol–water partition coefficient (Wildman–Crippen LogP) is 2.27. The Morgan fingerprint density at radius 3 is 2.81 bits per heavy atom. The number of hydrogen-bond donors (Lipinski definition) is 2. The Morgan fingerprint density at radius 1 is 1.38 bits per heavy atom. The maximum Gasteiger partial charge on any atom is 0.164 e. The first-order valence-electron chi connectivity index (χ1n) is 4.72. The minimum atomic E-state index is 0.343. The standard InChI is InChI=1S/C10H10BrClN4/c11-7-1-6(2-8(12)4-7)3-9-14-10(5-13)16-15-9/h1-2,4H,3,5,13H2,(H,14,15,16). The van der Waals surface area contributed by atoms with Crippen molar-refractivity contribution in [3.8, 4) is 0 Å². The van der Waals surface area contributed by atoms with Gasteiger partial charge in [-0.2, -0.15) is 5.10 Å². The number of nitrogens with zero attached hydrogens (tertiary/aromatic N) is 2. The highest BCUT2D eigenvalue weighted by molar-refractivity contribution is 9.10. The summed E-state index contributed by atoms with van der Waals surface area (Å²) in [7, 11) is 0. The topological polar surface area (TPSA) is 67.6 Å². The zero-order valence-electron chi connectivity index (χ0n) is 8.37. The summed E-state index contributed by atoms with van der Waals surface area (Å²) in [5, 5.41) is 7.51. The third-order valence-electron chi connectivity index (χ3n) is 2.05. The van der Waals surface area contributed by atoms with Gasteiger partial charge in [-0.15, -0.1) is 0 Å². The van der Waals surface area contributed by atoms with Gasteiger partial charge in [0.1, 0.15) is 5.82 Å². The summed E-state index contributed by atoms with van der Waals surface area (Å²) in [5.41, 5.74) is 6.50. The number of H-pyrrole nitrogens is 1. The zero-order chi connectivity index (χ0) is 11.5. The molecule has 3 N–H and O–H groups in total. The molecule has 0 radical (unpaired) electrons. The summed E-state index contributed by atoms with van der Waals surface area (Å²) in [4.78, 5) is 4.23. The molecular weight excluding hydrogens is 291 g/mol. The lowest BCUT2D eigenvalue weighted by Gasteiger charge is -2.00. The van der Waals surface area contributed by atoms with Gasteiger partial charge in [0, 0.05) is 15.9 Å². The van der Waals surface area contributed by atoms with Crippen LogP contribution in [0.25, 0.3) is 0 Å². The van der Waals surface area contributed by atoms with Crippen LogP contribution in [0.4, 0.5) is 0 Å². The van der Waals surface area contributed by atoms with Crippen molar-refractivity contribution in [2.75, 3.05) is 0 Å². The van der Waals surface area contributed by atoms with Crippen molar-refractivity contribution in [2.24, 2.45) is 5.73 Å². The largest absolute Gasteiger partial charge is 0.324 e. The van der Waals surface area contributed by atoms with Crippen LogP contribution in [0.2, 0.25) is 5.02 Å². The minimum absolute atomic E-state index is 0.343. The van der Waals surface area contributed by atoms with E-state index in [0.29, 0.717) is 23.8 Å². The molecule has 0 saturated heterocycles. The zero-order valence-corrected chi connectivity index (χ0v) is 10.7. The lowest BCUT2D eigenvalue weighted by atomic mass is 10.1. The fourth-order valence-electron chi connectivity index (χ4n) is 1.41.